The van der Waals surface area contributed by atoms with Gasteiger partial charge in [-0.1, -0.05) is 19.8 Å². The van der Waals surface area contributed by atoms with Crippen molar-refractivity contribution in [2.24, 2.45) is 17.8 Å². The number of rotatable bonds is 3. The van der Waals surface area contributed by atoms with Crippen molar-refractivity contribution in [3.63, 3.8) is 0 Å². The van der Waals surface area contributed by atoms with E-state index in [2.05, 4.69) is 6.92 Å². The maximum absolute atomic E-state index is 14.1. The lowest BCUT2D eigenvalue weighted by molar-refractivity contribution is -0.303. The fourth-order valence-corrected chi connectivity index (χ4v) is 3.25. The Morgan fingerprint density at radius 3 is 2.30 bits per heavy atom. The molecular formula is C15H22F3NO. The Hall–Kier alpha value is -0.760. The van der Waals surface area contributed by atoms with Crippen molar-refractivity contribution >= 4 is 0 Å². The highest BCUT2D eigenvalue weighted by atomic mass is 19.3. The van der Waals surface area contributed by atoms with E-state index in [0.717, 1.165) is 12.8 Å². The Bertz CT molecular complexity index is 361. The summed E-state index contributed by atoms with van der Waals surface area (Å²) >= 11 is 0. The van der Waals surface area contributed by atoms with Crippen LogP contribution in [-0.4, -0.2) is 18.4 Å². The second-order valence-electron chi connectivity index (χ2n) is 6.32. The molecule has 3 atom stereocenters. The lowest BCUT2D eigenvalue weighted by atomic mass is 9.82. The predicted molar refractivity (Wildman–Crippen MR) is 68.8 cm³/mol. The van der Waals surface area contributed by atoms with Gasteiger partial charge >= 0.3 is 6.11 Å². The molecule has 3 unspecified atom stereocenters. The molecule has 0 aromatic rings. The molecule has 0 radical (unpaired) electrons. The average Bonchev–Trinajstić information content (AvgIpc) is 2.39. The van der Waals surface area contributed by atoms with E-state index in [0.29, 0.717) is 31.6 Å². The molecule has 2 aliphatic carbocycles. The summed E-state index contributed by atoms with van der Waals surface area (Å²) in [6, 6.07) is 1.89. The van der Waals surface area contributed by atoms with Crippen molar-refractivity contribution in [1.29, 1.82) is 5.26 Å². The molecule has 2 saturated carbocycles. The Labute approximate surface area is 118 Å². The van der Waals surface area contributed by atoms with Gasteiger partial charge in [0.2, 0.25) is 0 Å². The minimum atomic E-state index is -3.16. The van der Waals surface area contributed by atoms with E-state index in [4.69, 9.17) is 10.00 Å². The van der Waals surface area contributed by atoms with Crippen LogP contribution in [0.5, 0.6) is 0 Å². The molecule has 2 aliphatic rings. The molecule has 0 spiro atoms. The lowest BCUT2D eigenvalue weighted by Gasteiger charge is -2.36. The van der Waals surface area contributed by atoms with E-state index < -0.39 is 30.2 Å². The quantitative estimate of drug-likeness (QED) is 0.769. The second kappa shape index (κ2) is 6.34. The topological polar surface area (TPSA) is 33.0 Å². The fourth-order valence-electron chi connectivity index (χ4n) is 3.25. The van der Waals surface area contributed by atoms with E-state index in [-0.39, 0.29) is 6.42 Å². The van der Waals surface area contributed by atoms with Gasteiger partial charge < -0.3 is 4.74 Å². The Morgan fingerprint density at radius 1 is 1.10 bits per heavy atom. The van der Waals surface area contributed by atoms with Gasteiger partial charge in [-0.25, -0.2) is 4.39 Å². The summed E-state index contributed by atoms with van der Waals surface area (Å²) in [5.41, 5.74) is 0. The number of alkyl halides is 3. The van der Waals surface area contributed by atoms with Crippen molar-refractivity contribution in [2.45, 2.75) is 70.3 Å². The second-order valence-corrected chi connectivity index (χ2v) is 6.32. The molecule has 0 N–H and O–H groups in total. The van der Waals surface area contributed by atoms with Gasteiger partial charge in [0.25, 0.3) is 0 Å². The van der Waals surface area contributed by atoms with Gasteiger partial charge in [0.1, 0.15) is 6.17 Å². The molecule has 0 bridgehead atoms. The molecule has 0 aromatic carbocycles. The van der Waals surface area contributed by atoms with Gasteiger partial charge in [-0.2, -0.15) is 14.0 Å². The van der Waals surface area contributed by atoms with Gasteiger partial charge in [-0.15, -0.1) is 0 Å². The van der Waals surface area contributed by atoms with Gasteiger partial charge in [0.05, 0.1) is 24.0 Å². The number of halogens is 3. The van der Waals surface area contributed by atoms with Crippen molar-refractivity contribution in [3.8, 4) is 6.07 Å². The first kappa shape index (κ1) is 15.6. The van der Waals surface area contributed by atoms with Crippen LogP contribution in [0, 0.1) is 29.1 Å². The minimum Gasteiger partial charge on any atom is -0.317 e. The summed E-state index contributed by atoms with van der Waals surface area (Å²) in [6.45, 7) is 2.08. The number of nitrogens with zero attached hydrogens (tertiary/aromatic N) is 1. The van der Waals surface area contributed by atoms with E-state index >= 15 is 0 Å². The Kier molecular flexibility index (Phi) is 4.95. The summed E-state index contributed by atoms with van der Waals surface area (Å²) in [7, 11) is 0. The largest absolute Gasteiger partial charge is 0.358 e. The first-order valence-electron chi connectivity index (χ1n) is 7.51. The molecule has 0 aliphatic heterocycles. The fraction of sp³-hybridized carbons (Fsp3) is 0.933. The third-order valence-electron chi connectivity index (χ3n) is 4.71. The summed E-state index contributed by atoms with van der Waals surface area (Å²) in [4.78, 5) is 0. The number of hydrogen-bond acceptors (Lipinski definition) is 2. The zero-order valence-electron chi connectivity index (χ0n) is 11.8. The number of nitriles is 1. The SMILES string of the molecule is CC1CCC(C(F)(F)OC2CCC(C#N)C(F)C2)CC1. The highest BCUT2D eigenvalue weighted by Gasteiger charge is 2.45. The van der Waals surface area contributed by atoms with Crippen molar-refractivity contribution in [1.82, 2.24) is 0 Å². The van der Waals surface area contributed by atoms with Crippen LogP contribution in [0.3, 0.4) is 0 Å². The first-order chi connectivity index (χ1) is 9.42. The number of hydrogen-bond donors (Lipinski definition) is 0. The predicted octanol–water partition coefficient (Wildman–Crippen LogP) is 4.45. The van der Waals surface area contributed by atoms with Crippen LogP contribution < -0.4 is 0 Å². The van der Waals surface area contributed by atoms with Crippen molar-refractivity contribution in [2.75, 3.05) is 0 Å². The van der Waals surface area contributed by atoms with Crippen molar-refractivity contribution in [3.05, 3.63) is 0 Å². The van der Waals surface area contributed by atoms with Crippen molar-refractivity contribution < 1.29 is 17.9 Å². The van der Waals surface area contributed by atoms with Crippen LogP contribution in [0.1, 0.15) is 51.9 Å². The molecule has 2 rings (SSSR count). The molecule has 0 amide bonds. The van der Waals surface area contributed by atoms with Gasteiger partial charge in [-0.3, -0.25) is 0 Å². The molecule has 20 heavy (non-hydrogen) atoms. The van der Waals surface area contributed by atoms with E-state index in [1.54, 1.807) is 0 Å². The summed E-state index contributed by atoms with van der Waals surface area (Å²) in [5.74, 6) is -0.909. The maximum atomic E-state index is 14.1. The van der Waals surface area contributed by atoms with Gasteiger partial charge in [0, 0.05) is 6.42 Å². The molecular weight excluding hydrogens is 267 g/mol. The normalized spacial score (nSPS) is 39.2. The minimum absolute atomic E-state index is 0.0864. The van der Waals surface area contributed by atoms with E-state index in [1.807, 2.05) is 6.07 Å². The molecule has 0 heterocycles. The Morgan fingerprint density at radius 2 is 1.75 bits per heavy atom. The zero-order chi connectivity index (χ0) is 14.8. The van der Waals surface area contributed by atoms with Crippen LogP contribution in [0.4, 0.5) is 13.2 Å². The first-order valence-corrected chi connectivity index (χ1v) is 7.51. The smallest absolute Gasteiger partial charge is 0.317 e. The third kappa shape index (κ3) is 3.66. The molecule has 2 fully saturated rings. The zero-order valence-corrected chi connectivity index (χ0v) is 11.8. The van der Waals surface area contributed by atoms with Crippen LogP contribution in [0.2, 0.25) is 0 Å². The lowest BCUT2D eigenvalue weighted by Crippen LogP contribution is -2.40. The van der Waals surface area contributed by atoms with Crippen LogP contribution >= 0.6 is 0 Å². The monoisotopic (exact) mass is 289 g/mol. The van der Waals surface area contributed by atoms with E-state index in [1.165, 1.54) is 0 Å². The van der Waals surface area contributed by atoms with Gasteiger partial charge in [-0.05, 0) is 31.6 Å². The maximum Gasteiger partial charge on any atom is 0.358 e. The number of ether oxygens (including phenoxy) is 1. The summed E-state index contributed by atoms with van der Waals surface area (Å²) in [6.07, 6.45) is -2.16. The molecule has 5 heteroatoms. The standard InChI is InChI=1S/C15H22F3NO/c1-10-2-5-12(6-3-10)15(17,18)20-13-7-4-11(9-19)14(16)8-13/h10-14H,2-8H2,1H3. The van der Waals surface area contributed by atoms with Crippen LogP contribution in [0.15, 0.2) is 0 Å². The molecule has 0 saturated heterocycles. The molecule has 114 valence electrons. The van der Waals surface area contributed by atoms with Crippen LogP contribution in [-0.2, 0) is 4.74 Å². The molecule has 0 aromatic heterocycles. The summed E-state index contributed by atoms with van der Waals surface area (Å²) in [5, 5.41) is 8.73. The van der Waals surface area contributed by atoms with Gasteiger partial charge in [0.15, 0.2) is 0 Å². The Balaban J connectivity index is 1.87. The average molecular weight is 289 g/mol. The summed E-state index contributed by atoms with van der Waals surface area (Å²) < 4.78 is 46.8. The van der Waals surface area contributed by atoms with E-state index in [9.17, 15) is 13.2 Å². The third-order valence-corrected chi connectivity index (χ3v) is 4.71. The molecule has 2 nitrogen and oxygen atoms in total. The highest BCUT2D eigenvalue weighted by Crippen LogP contribution is 2.41. The highest BCUT2D eigenvalue weighted by molar-refractivity contribution is 4.94. The van der Waals surface area contributed by atoms with Crippen LogP contribution in [0.25, 0.3) is 0 Å².